The number of amides is 1. The van der Waals surface area contributed by atoms with Crippen LogP contribution >= 0.6 is 0 Å². The first-order valence-electron chi connectivity index (χ1n) is 3.66. The molecule has 0 aliphatic carbocycles. The average Bonchev–Trinajstić information content (AvgIpc) is 2.15. The van der Waals surface area contributed by atoms with E-state index >= 15 is 0 Å². The van der Waals surface area contributed by atoms with E-state index in [2.05, 4.69) is 0 Å². The number of hydrogen-bond acceptors (Lipinski definition) is 3. The van der Waals surface area contributed by atoms with Crippen molar-refractivity contribution < 1.29 is 26.7 Å². The van der Waals surface area contributed by atoms with Crippen LogP contribution in [0.15, 0.2) is 11.8 Å². The Morgan fingerprint density at radius 2 is 1.88 bits per heavy atom. The highest BCUT2D eigenvalue weighted by atomic mass is 19.4. The zero-order valence-electron chi connectivity index (χ0n) is 7.85. The van der Waals surface area contributed by atoms with Crippen molar-refractivity contribution in [1.29, 1.82) is 5.26 Å². The second-order valence-electron chi connectivity index (χ2n) is 2.59. The molecule has 0 radical (unpaired) electrons. The molecule has 0 saturated heterocycles. The Bertz CT molecular complexity index is 330. The maximum atomic E-state index is 12.7. The summed E-state index contributed by atoms with van der Waals surface area (Å²) in [5.74, 6) is -5.24. The first-order chi connectivity index (χ1) is 7.16. The van der Waals surface area contributed by atoms with Gasteiger partial charge in [0.25, 0.3) is 0 Å². The number of carbonyl (C=O) groups is 1. The van der Waals surface area contributed by atoms with Crippen LogP contribution < -0.4 is 5.43 Å². The Morgan fingerprint density at radius 3 is 2.19 bits per heavy atom. The zero-order chi connectivity index (χ0) is 13.0. The van der Waals surface area contributed by atoms with E-state index in [1.54, 1.807) is 0 Å². The number of carbonyl (C=O) groups excluding carboxylic acids is 1. The molecule has 0 aliphatic rings. The molecule has 0 aromatic heterocycles. The van der Waals surface area contributed by atoms with Crippen LogP contribution in [0.3, 0.4) is 0 Å². The molecule has 0 heterocycles. The van der Waals surface area contributed by atoms with Gasteiger partial charge in [-0.05, 0) is 0 Å². The second kappa shape index (κ2) is 4.78. The third kappa shape index (κ3) is 3.08. The number of alkyl halides is 5. The Morgan fingerprint density at radius 1 is 1.38 bits per heavy atom. The standard InChI is InChI=1S/C7H6F5N3O/c1-15(4-16)14-5(2-3-13)6(8,9)7(10,11)12/h2,4,14H,1H3/b5-2+. The molecule has 0 rings (SSSR count). The van der Waals surface area contributed by atoms with Gasteiger partial charge in [0.1, 0.15) is 5.70 Å². The van der Waals surface area contributed by atoms with E-state index in [-0.39, 0.29) is 12.5 Å². The van der Waals surface area contributed by atoms with Crippen molar-refractivity contribution in [3.63, 3.8) is 0 Å². The lowest BCUT2D eigenvalue weighted by Crippen LogP contribution is -2.47. The van der Waals surface area contributed by atoms with Crippen LogP contribution in [0.4, 0.5) is 22.0 Å². The summed E-state index contributed by atoms with van der Waals surface area (Å²) in [6.07, 6.45) is -5.91. The average molecular weight is 243 g/mol. The molecule has 0 aromatic carbocycles. The van der Waals surface area contributed by atoms with E-state index in [1.807, 2.05) is 0 Å². The van der Waals surface area contributed by atoms with E-state index < -0.39 is 17.8 Å². The topological polar surface area (TPSA) is 56.1 Å². The predicted octanol–water partition coefficient (Wildman–Crippen LogP) is 1.18. The van der Waals surface area contributed by atoms with Gasteiger partial charge in [0, 0.05) is 13.1 Å². The monoisotopic (exact) mass is 243 g/mol. The maximum Gasteiger partial charge on any atom is 0.459 e. The van der Waals surface area contributed by atoms with Crippen molar-refractivity contribution in [2.24, 2.45) is 0 Å². The number of hydrazine groups is 1. The first kappa shape index (κ1) is 14.2. The van der Waals surface area contributed by atoms with Crippen molar-refractivity contribution in [1.82, 2.24) is 10.4 Å². The van der Waals surface area contributed by atoms with Crippen molar-refractivity contribution in [2.75, 3.05) is 7.05 Å². The van der Waals surface area contributed by atoms with E-state index in [0.717, 1.165) is 13.1 Å². The lowest BCUT2D eigenvalue weighted by molar-refractivity contribution is -0.267. The van der Waals surface area contributed by atoms with Gasteiger partial charge in [-0.1, -0.05) is 0 Å². The second-order valence-corrected chi connectivity index (χ2v) is 2.59. The fourth-order valence-corrected chi connectivity index (χ4v) is 0.627. The molecule has 0 spiro atoms. The Balaban J connectivity index is 5.17. The minimum atomic E-state index is -5.85. The van der Waals surface area contributed by atoms with Crippen molar-refractivity contribution in [3.05, 3.63) is 11.8 Å². The molecule has 4 nitrogen and oxygen atoms in total. The van der Waals surface area contributed by atoms with Gasteiger partial charge in [-0.25, -0.2) is 0 Å². The molecule has 1 N–H and O–H groups in total. The molecule has 0 bridgehead atoms. The van der Waals surface area contributed by atoms with Gasteiger partial charge in [-0.3, -0.25) is 15.2 Å². The number of nitriles is 1. The summed E-state index contributed by atoms with van der Waals surface area (Å²) in [5, 5.41) is 8.40. The quantitative estimate of drug-likeness (QED) is 0.349. The van der Waals surface area contributed by atoms with Crippen molar-refractivity contribution in [3.8, 4) is 6.07 Å². The van der Waals surface area contributed by atoms with Crippen LogP contribution in [0.1, 0.15) is 0 Å². The summed E-state index contributed by atoms with van der Waals surface area (Å²) < 4.78 is 61.2. The highest BCUT2D eigenvalue weighted by Gasteiger charge is 2.60. The fourth-order valence-electron chi connectivity index (χ4n) is 0.627. The molecule has 0 atom stereocenters. The van der Waals surface area contributed by atoms with Gasteiger partial charge in [0.15, 0.2) is 0 Å². The largest absolute Gasteiger partial charge is 0.459 e. The summed E-state index contributed by atoms with van der Waals surface area (Å²) in [5.41, 5.74) is -0.277. The minimum absolute atomic E-state index is 0.0203. The van der Waals surface area contributed by atoms with Crippen LogP contribution in [0.5, 0.6) is 0 Å². The third-order valence-corrected chi connectivity index (χ3v) is 1.36. The van der Waals surface area contributed by atoms with Crippen LogP contribution in [0.25, 0.3) is 0 Å². The normalized spacial score (nSPS) is 12.9. The molecule has 0 fully saturated rings. The van der Waals surface area contributed by atoms with Gasteiger partial charge >= 0.3 is 12.1 Å². The number of nitrogens with zero attached hydrogens (tertiary/aromatic N) is 2. The highest BCUT2D eigenvalue weighted by Crippen LogP contribution is 2.39. The van der Waals surface area contributed by atoms with Gasteiger partial charge in [0.05, 0.1) is 6.07 Å². The van der Waals surface area contributed by atoms with Crippen LogP contribution in [-0.4, -0.2) is 30.6 Å². The molecule has 90 valence electrons. The van der Waals surface area contributed by atoms with E-state index in [1.165, 1.54) is 5.43 Å². The molecule has 0 aliphatic heterocycles. The molecule has 0 saturated carbocycles. The smallest absolute Gasteiger partial charge is 0.294 e. The minimum Gasteiger partial charge on any atom is -0.294 e. The number of halogens is 5. The number of hydrogen-bond donors (Lipinski definition) is 1. The van der Waals surface area contributed by atoms with Crippen LogP contribution in [0.2, 0.25) is 0 Å². The summed E-state index contributed by atoms with van der Waals surface area (Å²) >= 11 is 0. The third-order valence-electron chi connectivity index (χ3n) is 1.36. The molecule has 16 heavy (non-hydrogen) atoms. The molecule has 0 unspecified atom stereocenters. The van der Waals surface area contributed by atoms with E-state index in [0.29, 0.717) is 5.01 Å². The fraction of sp³-hybridized carbons (Fsp3) is 0.429. The molecular weight excluding hydrogens is 237 g/mol. The van der Waals surface area contributed by atoms with Crippen molar-refractivity contribution >= 4 is 6.41 Å². The number of allylic oxidation sites excluding steroid dienone is 2. The summed E-state index contributed by atoms with van der Waals surface area (Å²) in [6.45, 7) is 0. The lowest BCUT2D eigenvalue weighted by Gasteiger charge is -2.25. The Kier molecular flexibility index (Phi) is 4.23. The lowest BCUT2D eigenvalue weighted by atomic mass is 10.2. The molecule has 9 heteroatoms. The molecule has 0 aromatic rings. The Labute approximate surface area is 86.9 Å². The van der Waals surface area contributed by atoms with E-state index in [4.69, 9.17) is 5.26 Å². The maximum absolute atomic E-state index is 12.7. The number of rotatable bonds is 4. The van der Waals surface area contributed by atoms with Gasteiger partial charge in [-0.2, -0.15) is 27.2 Å². The van der Waals surface area contributed by atoms with Gasteiger partial charge in [-0.15, -0.1) is 0 Å². The summed E-state index contributed by atoms with van der Waals surface area (Å²) in [6, 6.07) is 1.03. The zero-order valence-corrected chi connectivity index (χ0v) is 7.85. The Hall–Kier alpha value is -1.85. The predicted molar refractivity (Wildman–Crippen MR) is 41.7 cm³/mol. The number of nitrogens with one attached hydrogen (secondary N) is 1. The SMILES string of the molecule is CN(C=O)N/C(=C/C#N)C(F)(F)C(F)(F)F. The summed E-state index contributed by atoms with van der Waals surface area (Å²) in [7, 11) is 0.907. The van der Waals surface area contributed by atoms with Crippen LogP contribution in [-0.2, 0) is 4.79 Å². The van der Waals surface area contributed by atoms with Crippen LogP contribution in [0, 0.1) is 11.3 Å². The molecular formula is C7H6F5N3O. The van der Waals surface area contributed by atoms with Crippen molar-refractivity contribution in [2.45, 2.75) is 12.1 Å². The molecule has 1 amide bonds. The van der Waals surface area contributed by atoms with E-state index in [9.17, 15) is 26.7 Å². The highest BCUT2D eigenvalue weighted by molar-refractivity contribution is 5.46. The first-order valence-corrected chi connectivity index (χ1v) is 3.66. The summed E-state index contributed by atoms with van der Waals surface area (Å²) in [4.78, 5) is 10.0. The van der Waals surface area contributed by atoms with Gasteiger partial charge in [0.2, 0.25) is 6.41 Å². The van der Waals surface area contributed by atoms with Gasteiger partial charge < -0.3 is 0 Å².